The fraction of sp³-hybridized carbons (Fsp3) is 0.592. The molecule has 8 unspecified atom stereocenters. The van der Waals surface area contributed by atoms with Crippen LogP contribution in [-0.4, -0.2) is 79.7 Å². The molecule has 0 aromatic heterocycles. The van der Waals surface area contributed by atoms with Gasteiger partial charge in [-0.1, -0.05) is 90.2 Å². The molecule has 0 radical (unpaired) electrons. The number of nitrogens with one attached hydrogen (secondary N) is 1. The molecule has 14 nitrogen and oxygen atoms in total. The van der Waals surface area contributed by atoms with Crippen molar-refractivity contribution in [3.8, 4) is 0 Å². The van der Waals surface area contributed by atoms with Gasteiger partial charge < -0.3 is 34.8 Å². The first kappa shape index (κ1) is 47.4. The number of fused-ring (bicyclic) bond motifs is 3. The third-order valence-corrected chi connectivity index (χ3v) is 14.1. The van der Waals surface area contributed by atoms with Crippen LogP contribution in [0.5, 0.6) is 0 Å². The minimum absolute atomic E-state index is 0.0559. The van der Waals surface area contributed by atoms with Gasteiger partial charge in [0.2, 0.25) is 11.5 Å². The predicted molar refractivity (Wildman–Crippen MR) is 238 cm³/mol. The van der Waals surface area contributed by atoms with Crippen molar-refractivity contribution in [1.29, 1.82) is 0 Å². The Morgan fingerprint density at radius 1 is 0.937 bits per heavy atom. The number of nitrogens with zero attached hydrogens (tertiary/aromatic N) is 2. The fourth-order valence-electron chi connectivity index (χ4n) is 11.2. The molecule has 0 amide bonds. The number of carbonyl (C=O) groups excluding carboxylic acids is 4. The Balaban J connectivity index is 1.20. The molecule has 6 rings (SSSR count). The number of anilines is 1. The number of esters is 3. The first-order valence-corrected chi connectivity index (χ1v) is 22.7. The van der Waals surface area contributed by atoms with Crippen molar-refractivity contribution in [3.05, 3.63) is 87.8 Å². The third-order valence-electron chi connectivity index (χ3n) is 14.1. The molecule has 3 N–H and O–H groups in total. The van der Waals surface area contributed by atoms with Crippen LogP contribution < -0.4 is 5.43 Å². The highest BCUT2D eigenvalue weighted by atomic mass is 16.8. The lowest BCUT2D eigenvalue weighted by Crippen LogP contribution is -2.59. The average molecular weight is 871 g/mol. The van der Waals surface area contributed by atoms with Crippen LogP contribution in [0.1, 0.15) is 135 Å². The number of Topliss-reactive ketones (excluding diaryl/α,β-unsaturated/α-hetero) is 1. The number of rotatable bonds is 20. The van der Waals surface area contributed by atoms with E-state index in [1.807, 2.05) is 6.92 Å². The van der Waals surface area contributed by atoms with Gasteiger partial charge in [0.1, 0.15) is 18.3 Å². The first-order chi connectivity index (χ1) is 29.9. The minimum atomic E-state index is -1.77. The maximum atomic E-state index is 14.3. The third kappa shape index (κ3) is 9.16. The molecule has 5 aliphatic carbocycles. The summed E-state index contributed by atoms with van der Waals surface area (Å²) >= 11 is 0. The molecule has 5 aliphatic rings. The highest BCUT2D eigenvalue weighted by Crippen LogP contribution is 2.86. The van der Waals surface area contributed by atoms with Crippen molar-refractivity contribution < 1.29 is 48.5 Å². The van der Waals surface area contributed by atoms with Crippen molar-refractivity contribution in [2.75, 3.05) is 12.0 Å². The molecule has 0 aliphatic heterocycles. The van der Waals surface area contributed by atoms with E-state index in [1.54, 1.807) is 43.3 Å². The van der Waals surface area contributed by atoms with E-state index < -0.39 is 80.6 Å². The van der Waals surface area contributed by atoms with Gasteiger partial charge in [-0.15, -0.1) is 0 Å². The van der Waals surface area contributed by atoms with E-state index in [4.69, 9.17) is 14.2 Å². The van der Waals surface area contributed by atoms with Gasteiger partial charge in [0.25, 0.3) is 0 Å². The Bertz CT molecular complexity index is 2070. The second-order valence-corrected chi connectivity index (χ2v) is 18.6. The summed E-state index contributed by atoms with van der Waals surface area (Å²) in [6.45, 7) is 9.76. The topological polar surface area (TPSA) is 210 Å². The number of benzene rings is 1. The van der Waals surface area contributed by atoms with Gasteiger partial charge in [-0.05, 0) is 74.8 Å². The quantitative estimate of drug-likeness (QED) is 0.0217. The average Bonchev–Trinajstić information content (AvgIpc) is 3.67. The lowest BCUT2D eigenvalue weighted by Gasteiger charge is -2.45. The molecule has 342 valence electrons. The maximum absolute atomic E-state index is 14.3. The molecule has 63 heavy (non-hydrogen) atoms. The van der Waals surface area contributed by atoms with Gasteiger partial charge in [0, 0.05) is 61.0 Å². The van der Waals surface area contributed by atoms with Crippen LogP contribution >= 0.6 is 0 Å². The van der Waals surface area contributed by atoms with Crippen LogP contribution in [0.2, 0.25) is 0 Å². The summed E-state index contributed by atoms with van der Waals surface area (Å²) in [5.41, 5.74) is -1.51. The highest BCUT2D eigenvalue weighted by Gasteiger charge is 2.96. The van der Waals surface area contributed by atoms with E-state index in [9.17, 15) is 39.8 Å². The van der Waals surface area contributed by atoms with Gasteiger partial charge >= 0.3 is 17.9 Å². The van der Waals surface area contributed by atoms with Crippen LogP contribution in [0.3, 0.4) is 0 Å². The standard InChI is InChI=1S/C49H64N3O11/c1-7-8-9-10-11-12-13-14-15-16-17-18-42(54)62-40-28-34(30-61-45(56)35-19-21-36(22-20-35)50-51-37-23-25-38(26-24-37)52(59)60)29-41-47(32(40)3)43(49(47,58)46(5,6)57)39-27-31(2)44(55)48(39,41)63-33(4)53/h19-27,29,32,39-41,43,57-58H,7-18,28,30H2,1-6H3,(H-,50,51,56,59,60)/q-1. The number of hydrazone groups is 1. The van der Waals surface area contributed by atoms with Crippen molar-refractivity contribution in [2.45, 2.75) is 148 Å². The lowest BCUT2D eigenvalue weighted by atomic mass is 9.65. The summed E-state index contributed by atoms with van der Waals surface area (Å²) < 4.78 is 18.3. The van der Waals surface area contributed by atoms with Crippen molar-refractivity contribution in [1.82, 2.24) is 0 Å². The zero-order valence-corrected chi connectivity index (χ0v) is 37.5. The van der Waals surface area contributed by atoms with Gasteiger partial charge in [-0.2, -0.15) is 10.0 Å². The monoisotopic (exact) mass is 870 g/mol. The number of ketones is 1. The van der Waals surface area contributed by atoms with Crippen LogP contribution in [0.15, 0.2) is 77.0 Å². The molecule has 1 aromatic rings. The number of allylic oxidation sites excluding steroid dienone is 4. The predicted octanol–water partition coefficient (Wildman–Crippen LogP) is 7.96. The van der Waals surface area contributed by atoms with Crippen molar-refractivity contribution >= 4 is 40.8 Å². The van der Waals surface area contributed by atoms with Crippen molar-refractivity contribution in [2.24, 2.45) is 34.2 Å². The normalized spacial score (nSPS) is 29.1. The summed E-state index contributed by atoms with van der Waals surface area (Å²) in [7, 11) is 0. The molecule has 1 spiro atoms. The van der Waals surface area contributed by atoms with E-state index >= 15 is 0 Å². The van der Waals surface area contributed by atoms with Crippen LogP contribution in [0.4, 0.5) is 5.69 Å². The molecule has 0 bridgehead atoms. The summed E-state index contributed by atoms with van der Waals surface area (Å²) in [5.74, 6) is -5.23. The van der Waals surface area contributed by atoms with Crippen LogP contribution in [-0.2, 0) is 28.6 Å². The summed E-state index contributed by atoms with van der Waals surface area (Å²) in [4.78, 5) is 53.9. The highest BCUT2D eigenvalue weighted by molar-refractivity contribution is 6.17. The molecule has 2 fully saturated rings. The van der Waals surface area contributed by atoms with Crippen molar-refractivity contribution in [3.63, 3.8) is 0 Å². The zero-order chi connectivity index (χ0) is 45.7. The summed E-state index contributed by atoms with van der Waals surface area (Å²) in [6.07, 6.45) is 21.2. The van der Waals surface area contributed by atoms with Crippen LogP contribution in [0.25, 0.3) is 0 Å². The van der Waals surface area contributed by atoms with Gasteiger partial charge in [0.05, 0.1) is 22.6 Å². The van der Waals surface area contributed by atoms with Gasteiger partial charge in [-0.25, -0.2) is 4.79 Å². The maximum Gasteiger partial charge on any atom is 0.338 e. The Hall–Kier alpha value is -5.08. The Morgan fingerprint density at radius 2 is 1.54 bits per heavy atom. The van der Waals surface area contributed by atoms with E-state index in [2.05, 4.69) is 17.5 Å². The summed E-state index contributed by atoms with van der Waals surface area (Å²) in [6, 6.07) is 6.35. The molecule has 0 saturated heterocycles. The molecule has 8 atom stereocenters. The Labute approximate surface area is 370 Å². The molecule has 1 aromatic carbocycles. The number of ether oxygens (including phenoxy) is 3. The first-order valence-electron chi connectivity index (χ1n) is 22.7. The number of hydrogen-bond acceptors (Lipinski definition) is 13. The largest absolute Gasteiger partial charge is 0.612 e. The lowest BCUT2D eigenvalue weighted by molar-refractivity contribution is -0.377. The number of carbonyl (C=O) groups is 4. The number of hydrogen-bond donors (Lipinski definition) is 3. The molecule has 14 heteroatoms. The van der Waals surface area contributed by atoms with Gasteiger partial charge in [-0.3, -0.25) is 19.8 Å². The molecular formula is C49H64N3O11-. The van der Waals surface area contributed by atoms with E-state index in [-0.39, 0.29) is 30.7 Å². The van der Waals surface area contributed by atoms with E-state index in [0.717, 1.165) is 19.3 Å². The number of aliphatic hydroxyl groups is 2. The fourth-order valence-corrected chi connectivity index (χ4v) is 11.2. The van der Waals surface area contributed by atoms with E-state index in [0.29, 0.717) is 29.0 Å². The Morgan fingerprint density at radius 3 is 2.11 bits per heavy atom. The Kier molecular flexibility index (Phi) is 14.6. The molecule has 2 saturated carbocycles. The number of unbranched alkanes of at least 4 members (excludes halogenated alkanes) is 10. The molecule has 0 heterocycles. The SMILES string of the molecule is CCCCCCCCCCCCCC(=O)OC1CC(COC(=O)c2ccc(NN=C3C=CC(=[N+]([O-])[O-])C=C3)cc2)=CC2C3(OC(C)=O)C(=O)C(C)=CC3C3C2(C1C)C3(O)C(C)(C)O. The second kappa shape index (κ2) is 19.3. The summed E-state index contributed by atoms with van der Waals surface area (Å²) in [5, 5.41) is 50.6. The minimum Gasteiger partial charge on any atom is -0.612 e. The van der Waals surface area contributed by atoms with Gasteiger partial charge in [0.15, 0.2) is 5.60 Å². The smallest absolute Gasteiger partial charge is 0.338 e. The molecular weight excluding hydrogens is 807 g/mol. The second-order valence-electron chi connectivity index (χ2n) is 18.6. The zero-order valence-electron chi connectivity index (χ0n) is 37.5. The van der Waals surface area contributed by atoms with Crippen LogP contribution in [0, 0.1) is 39.5 Å². The van der Waals surface area contributed by atoms with E-state index in [1.165, 1.54) is 90.0 Å².